The number of hydrogen-bond donors (Lipinski definition) is 1. The highest BCUT2D eigenvalue weighted by atomic mass is 32.2. The van der Waals surface area contributed by atoms with Gasteiger partial charge < -0.3 is 14.6 Å². The number of rotatable bonds is 5. The molecule has 44 heavy (non-hydrogen) atoms. The number of aromatic nitrogens is 1. The molecule has 3 atom stereocenters. The first kappa shape index (κ1) is 27.9. The van der Waals surface area contributed by atoms with E-state index in [0.717, 1.165) is 37.2 Å². The zero-order chi connectivity index (χ0) is 30.2. The van der Waals surface area contributed by atoms with E-state index in [4.69, 9.17) is 4.42 Å². The molecule has 2 amide bonds. The van der Waals surface area contributed by atoms with Gasteiger partial charge in [-0.25, -0.2) is 9.18 Å². The predicted molar refractivity (Wildman–Crippen MR) is 163 cm³/mol. The second-order valence-electron chi connectivity index (χ2n) is 13.0. The molecule has 3 unspecified atom stereocenters. The lowest BCUT2D eigenvalue weighted by molar-refractivity contribution is -0.137. The van der Waals surface area contributed by atoms with Crippen molar-refractivity contribution in [3.8, 4) is 0 Å². The Hall–Kier alpha value is -3.62. The average Bonchev–Trinajstić information content (AvgIpc) is 3.85. The Morgan fingerprint density at radius 2 is 1.89 bits per heavy atom. The summed E-state index contributed by atoms with van der Waals surface area (Å²) in [5.41, 5.74) is 4.11. The minimum Gasteiger partial charge on any atom is -0.408 e. The Morgan fingerprint density at radius 3 is 2.68 bits per heavy atom. The molecule has 4 aliphatic carbocycles. The fraction of sp³-hybridized carbons (Fsp3) is 0.500. The van der Waals surface area contributed by atoms with Crippen molar-refractivity contribution in [3.05, 3.63) is 75.9 Å². The number of nitrogens with zero attached hydrogens (tertiary/aromatic N) is 2. The number of benzene rings is 1. The number of Topliss-reactive ketones (excluding diaryl/α,β-unsaturated/α-hetero) is 1. The number of aryl methyl sites for hydroxylation is 1. The maximum Gasteiger partial charge on any atom is 0.419 e. The number of thioether (sulfide) groups is 1. The van der Waals surface area contributed by atoms with Crippen LogP contribution in [0, 0.1) is 22.7 Å². The van der Waals surface area contributed by atoms with Crippen molar-refractivity contribution < 1.29 is 23.2 Å². The Labute approximate surface area is 258 Å². The van der Waals surface area contributed by atoms with Crippen LogP contribution in [0.5, 0.6) is 0 Å². The van der Waals surface area contributed by atoms with Gasteiger partial charge in [0.1, 0.15) is 5.83 Å². The summed E-state index contributed by atoms with van der Waals surface area (Å²) in [6, 6.07) is 7.11. The second-order valence-corrected chi connectivity index (χ2v) is 14.2. The molecule has 1 N–H and O–H groups in total. The van der Waals surface area contributed by atoms with Crippen molar-refractivity contribution in [3.63, 3.8) is 0 Å². The van der Waals surface area contributed by atoms with E-state index in [1.807, 2.05) is 22.7 Å². The molecule has 1 aromatic heterocycles. The molecular formula is C34H34FN3O5S. The van der Waals surface area contributed by atoms with Gasteiger partial charge in [-0.2, -0.15) is 11.8 Å². The van der Waals surface area contributed by atoms with Gasteiger partial charge in [-0.3, -0.25) is 19.0 Å². The van der Waals surface area contributed by atoms with Gasteiger partial charge in [-0.05, 0) is 98.1 Å². The molecule has 10 heteroatoms. The lowest BCUT2D eigenvalue weighted by atomic mass is 9.68. The van der Waals surface area contributed by atoms with E-state index in [1.54, 1.807) is 24.3 Å². The smallest absolute Gasteiger partial charge is 0.408 e. The van der Waals surface area contributed by atoms with Crippen LogP contribution in [-0.4, -0.2) is 50.7 Å². The first-order valence-corrected chi connectivity index (χ1v) is 16.9. The molecule has 5 fully saturated rings. The number of nitrogens with one attached hydrogen (secondary N) is 1. The first-order chi connectivity index (χ1) is 21.4. The fourth-order valence-corrected chi connectivity index (χ4v) is 10.1. The van der Waals surface area contributed by atoms with Gasteiger partial charge in [0.15, 0.2) is 11.4 Å². The molecule has 3 heterocycles. The van der Waals surface area contributed by atoms with Crippen molar-refractivity contribution >= 4 is 40.5 Å². The largest absolute Gasteiger partial charge is 0.419 e. The standard InChI is InChI=1S/C34H34FN3O5S/c35-20-5-1-2-6-24-23(19-20)30(40)34-28(31(41)38(24)22-12-17-44-18-13-22)29(34)33(34)14-9-21(10-15-33)36-27(39)11-16-37-25-7-3-4-8-26(25)43-32(37)42/h2-5,7-8,19,21-22,28-29H,1,9-18H2,(H,36,39)/b20-5+,23-19+. The Morgan fingerprint density at radius 1 is 1.11 bits per heavy atom. The third-order valence-corrected chi connectivity index (χ3v) is 12.1. The van der Waals surface area contributed by atoms with Crippen LogP contribution in [0.15, 0.2) is 74.5 Å². The van der Waals surface area contributed by atoms with Crippen LogP contribution < -0.4 is 11.1 Å². The quantitative estimate of drug-likeness (QED) is 0.485. The summed E-state index contributed by atoms with van der Waals surface area (Å²) in [5.74, 6) is 0.387. The molecule has 0 radical (unpaired) electrons. The van der Waals surface area contributed by atoms with Gasteiger partial charge in [-0.1, -0.05) is 17.9 Å². The Kier molecular flexibility index (Phi) is 6.47. The highest BCUT2D eigenvalue weighted by molar-refractivity contribution is 7.99. The summed E-state index contributed by atoms with van der Waals surface area (Å²) in [6.45, 7) is 0.225. The number of hydrogen-bond acceptors (Lipinski definition) is 6. The molecule has 3 saturated carbocycles. The van der Waals surface area contributed by atoms with E-state index in [0.29, 0.717) is 41.6 Å². The zero-order valence-electron chi connectivity index (χ0n) is 24.4. The summed E-state index contributed by atoms with van der Waals surface area (Å²) >= 11 is 1.88. The average molecular weight is 616 g/mol. The van der Waals surface area contributed by atoms with Crippen LogP contribution in [0.3, 0.4) is 0 Å². The SMILES string of the molecule is O=C(CCn1c(=O)oc2ccccc21)NC1CCC2(CC1)C1C3C(=O)N(C4CCSCC4)C4=C=CC/C=C(F)\C=C/4C(=O)C312. The number of carbonyl (C=O) groups excluding carboxylic acids is 3. The number of halogens is 1. The van der Waals surface area contributed by atoms with E-state index in [9.17, 15) is 23.6 Å². The van der Waals surface area contributed by atoms with E-state index >= 15 is 0 Å². The van der Waals surface area contributed by atoms with Gasteiger partial charge in [0.05, 0.1) is 28.1 Å². The Balaban J connectivity index is 0.981. The highest BCUT2D eigenvalue weighted by Crippen LogP contribution is 2.96. The number of para-hydroxylation sites is 2. The van der Waals surface area contributed by atoms with Crippen LogP contribution in [0.2, 0.25) is 0 Å². The zero-order valence-corrected chi connectivity index (χ0v) is 25.2. The maximum absolute atomic E-state index is 14.9. The molecule has 1 aromatic carbocycles. The van der Waals surface area contributed by atoms with Crippen LogP contribution >= 0.6 is 11.8 Å². The molecule has 2 saturated heterocycles. The summed E-state index contributed by atoms with van der Waals surface area (Å²) in [4.78, 5) is 55.5. The number of likely N-dealkylation sites (tertiary alicyclic amines) is 1. The molecule has 2 aliphatic heterocycles. The van der Waals surface area contributed by atoms with Gasteiger partial charge in [0.25, 0.3) is 0 Å². The van der Waals surface area contributed by atoms with Crippen LogP contribution in [-0.2, 0) is 20.9 Å². The number of fused-ring (bicyclic) bond motifs is 4. The fourth-order valence-electron chi connectivity index (χ4n) is 8.99. The first-order valence-electron chi connectivity index (χ1n) is 15.7. The molecule has 8 nitrogen and oxygen atoms in total. The highest BCUT2D eigenvalue weighted by Gasteiger charge is 2.99. The second kappa shape index (κ2) is 10.2. The number of allylic oxidation sites excluding steroid dienone is 4. The minimum atomic E-state index is -0.765. The number of oxazole rings is 1. The summed E-state index contributed by atoms with van der Waals surface area (Å²) in [5, 5.41) is 3.13. The third-order valence-electron chi connectivity index (χ3n) is 11.0. The van der Waals surface area contributed by atoms with Crippen molar-refractivity contribution in [1.82, 2.24) is 14.8 Å². The van der Waals surface area contributed by atoms with E-state index in [-0.39, 0.29) is 59.9 Å². The van der Waals surface area contributed by atoms with Gasteiger partial charge >= 0.3 is 5.76 Å². The summed E-state index contributed by atoms with van der Waals surface area (Å²) in [6.07, 6.45) is 9.63. The van der Waals surface area contributed by atoms with Crippen molar-refractivity contribution in [2.24, 2.45) is 22.7 Å². The lowest BCUT2D eigenvalue weighted by Gasteiger charge is -2.38. The van der Waals surface area contributed by atoms with Crippen LogP contribution in [0.1, 0.15) is 51.4 Å². The molecule has 8 rings (SSSR count). The predicted octanol–water partition coefficient (Wildman–Crippen LogP) is 4.81. The molecular weight excluding hydrogens is 581 g/mol. The molecule has 6 aliphatic rings. The molecule has 0 bridgehead atoms. The van der Waals surface area contributed by atoms with E-state index in [1.165, 1.54) is 16.7 Å². The lowest BCUT2D eigenvalue weighted by Crippen LogP contribution is -2.46. The number of amides is 2. The van der Waals surface area contributed by atoms with E-state index < -0.39 is 17.0 Å². The topological polar surface area (TPSA) is 102 Å². The van der Waals surface area contributed by atoms with Crippen molar-refractivity contribution in [1.29, 1.82) is 0 Å². The van der Waals surface area contributed by atoms with Crippen LogP contribution in [0.25, 0.3) is 11.1 Å². The maximum atomic E-state index is 14.9. The Bertz CT molecular complexity index is 1780. The van der Waals surface area contributed by atoms with Crippen LogP contribution in [0.4, 0.5) is 4.39 Å². The summed E-state index contributed by atoms with van der Waals surface area (Å²) in [7, 11) is 0. The van der Waals surface area contributed by atoms with Crippen molar-refractivity contribution in [2.75, 3.05) is 11.5 Å². The molecule has 2 spiro atoms. The summed E-state index contributed by atoms with van der Waals surface area (Å²) < 4.78 is 21.7. The number of ketones is 1. The van der Waals surface area contributed by atoms with Gasteiger partial charge in [-0.15, -0.1) is 0 Å². The van der Waals surface area contributed by atoms with Gasteiger partial charge in [0, 0.05) is 25.0 Å². The monoisotopic (exact) mass is 615 g/mol. The number of carbonyl (C=O) groups is 3. The molecule has 228 valence electrons. The van der Waals surface area contributed by atoms with Crippen molar-refractivity contribution in [2.45, 2.75) is 70.0 Å². The minimum absolute atomic E-state index is 0.00439. The third kappa shape index (κ3) is 3.96. The van der Waals surface area contributed by atoms with Gasteiger partial charge in [0.2, 0.25) is 11.8 Å². The van der Waals surface area contributed by atoms with E-state index in [2.05, 4.69) is 11.0 Å². The molecule has 2 aromatic rings. The normalized spacial score (nSPS) is 35.2.